The molecule has 1 aliphatic rings. The Hall–Kier alpha value is -0.670. The molecule has 74 valence electrons. The van der Waals surface area contributed by atoms with Crippen LogP contribution in [0.2, 0.25) is 0 Å². The summed E-state index contributed by atoms with van der Waals surface area (Å²) in [5.74, 6) is 0. The van der Waals surface area contributed by atoms with E-state index in [2.05, 4.69) is 0 Å². The molecule has 0 aliphatic carbocycles. The molecule has 0 aromatic carbocycles. The van der Waals surface area contributed by atoms with Gasteiger partial charge in [-0.1, -0.05) is 0 Å². The van der Waals surface area contributed by atoms with Crippen molar-refractivity contribution in [1.82, 2.24) is 4.90 Å². The highest BCUT2D eigenvalue weighted by atomic mass is 16.5. The van der Waals surface area contributed by atoms with E-state index in [-0.39, 0.29) is 12.6 Å². The average molecular weight is 185 g/mol. The molecule has 0 saturated carbocycles. The SMILES string of the molecule is N#CC1CN(CC(O)CN)CCO1. The Bertz CT molecular complexity index is 192. The first-order valence-corrected chi connectivity index (χ1v) is 4.38. The van der Waals surface area contributed by atoms with E-state index in [0.29, 0.717) is 19.7 Å². The number of hydrogen-bond acceptors (Lipinski definition) is 5. The van der Waals surface area contributed by atoms with Crippen molar-refractivity contribution in [2.24, 2.45) is 5.73 Å². The Kier molecular flexibility index (Phi) is 4.12. The van der Waals surface area contributed by atoms with Gasteiger partial charge in [-0.3, -0.25) is 4.90 Å². The van der Waals surface area contributed by atoms with E-state index in [1.165, 1.54) is 0 Å². The number of aliphatic hydroxyl groups is 1. The third kappa shape index (κ3) is 3.28. The largest absolute Gasteiger partial charge is 0.390 e. The lowest BCUT2D eigenvalue weighted by molar-refractivity contribution is -0.0143. The van der Waals surface area contributed by atoms with Crippen LogP contribution in [0.5, 0.6) is 0 Å². The van der Waals surface area contributed by atoms with Crippen LogP contribution in [0.4, 0.5) is 0 Å². The van der Waals surface area contributed by atoms with Crippen molar-refractivity contribution in [3.05, 3.63) is 0 Å². The molecule has 0 aromatic rings. The highest BCUT2D eigenvalue weighted by Gasteiger charge is 2.21. The quantitative estimate of drug-likeness (QED) is 0.561. The van der Waals surface area contributed by atoms with Crippen LogP contribution in [0.1, 0.15) is 0 Å². The van der Waals surface area contributed by atoms with Gasteiger partial charge in [-0.05, 0) is 0 Å². The van der Waals surface area contributed by atoms with Crippen molar-refractivity contribution in [1.29, 1.82) is 5.26 Å². The molecule has 1 rings (SSSR count). The van der Waals surface area contributed by atoms with Crippen molar-refractivity contribution in [3.8, 4) is 6.07 Å². The fraction of sp³-hybridized carbons (Fsp3) is 0.875. The molecule has 5 heteroatoms. The normalized spacial score (nSPS) is 26.7. The van der Waals surface area contributed by atoms with Crippen LogP contribution < -0.4 is 5.73 Å². The fourth-order valence-corrected chi connectivity index (χ4v) is 1.32. The topological polar surface area (TPSA) is 82.5 Å². The van der Waals surface area contributed by atoms with Crippen molar-refractivity contribution in [2.75, 3.05) is 32.8 Å². The molecule has 3 N–H and O–H groups in total. The summed E-state index contributed by atoms with van der Waals surface area (Å²) in [7, 11) is 0. The molecular weight excluding hydrogens is 170 g/mol. The molecular formula is C8H15N3O2. The van der Waals surface area contributed by atoms with Crippen LogP contribution >= 0.6 is 0 Å². The van der Waals surface area contributed by atoms with Gasteiger partial charge in [0, 0.05) is 26.2 Å². The molecule has 1 fully saturated rings. The van der Waals surface area contributed by atoms with Gasteiger partial charge in [0.15, 0.2) is 6.10 Å². The summed E-state index contributed by atoms with van der Waals surface area (Å²) in [4.78, 5) is 1.99. The highest BCUT2D eigenvalue weighted by Crippen LogP contribution is 2.04. The number of ether oxygens (including phenoxy) is 1. The van der Waals surface area contributed by atoms with Crippen LogP contribution in [0, 0.1) is 11.3 Å². The van der Waals surface area contributed by atoms with Crippen LogP contribution in [0.15, 0.2) is 0 Å². The molecule has 2 atom stereocenters. The Morgan fingerprint density at radius 2 is 2.54 bits per heavy atom. The van der Waals surface area contributed by atoms with Gasteiger partial charge in [-0.15, -0.1) is 0 Å². The molecule has 0 spiro atoms. The van der Waals surface area contributed by atoms with Crippen molar-refractivity contribution >= 4 is 0 Å². The molecule has 1 saturated heterocycles. The maximum atomic E-state index is 9.28. The van der Waals surface area contributed by atoms with Crippen LogP contribution in [-0.4, -0.2) is 55.0 Å². The Balaban J connectivity index is 2.30. The summed E-state index contributed by atoms with van der Waals surface area (Å²) in [5.41, 5.74) is 5.28. The average Bonchev–Trinajstić information content (AvgIpc) is 2.18. The van der Waals surface area contributed by atoms with Gasteiger partial charge in [-0.2, -0.15) is 5.26 Å². The van der Waals surface area contributed by atoms with Gasteiger partial charge in [0.05, 0.1) is 18.8 Å². The van der Waals surface area contributed by atoms with Gasteiger partial charge in [0.25, 0.3) is 0 Å². The summed E-state index contributed by atoms with van der Waals surface area (Å²) >= 11 is 0. The molecule has 2 unspecified atom stereocenters. The van der Waals surface area contributed by atoms with Gasteiger partial charge in [0.2, 0.25) is 0 Å². The number of rotatable bonds is 3. The van der Waals surface area contributed by atoms with E-state index in [1.807, 2.05) is 11.0 Å². The molecule has 0 bridgehead atoms. The number of hydrogen-bond donors (Lipinski definition) is 2. The minimum absolute atomic E-state index is 0.259. The van der Waals surface area contributed by atoms with Gasteiger partial charge in [0.1, 0.15) is 0 Å². The molecule has 5 nitrogen and oxygen atoms in total. The molecule has 0 aromatic heterocycles. The Morgan fingerprint density at radius 3 is 3.15 bits per heavy atom. The molecule has 1 heterocycles. The zero-order valence-electron chi connectivity index (χ0n) is 7.52. The lowest BCUT2D eigenvalue weighted by Gasteiger charge is -2.30. The number of nitrogens with zero attached hydrogens (tertiary/aromatic N) is 2. The summed E-state index contributed by atoms with van der Waals surface area (Å²) in [5, 5.41) is 17.9. The molecule has 0 amide bonds. The maximum Gasteiger partial charge on any atom is 0.156 e. The summed E-state index contributed by atoms with van der Waals surface area (Å²) in [6, 6.07) is 2.05. The second-order valence-electron chi connectivity index (χ2n) is 3.14. The van der Waals surface area contributed by atoms with Crippen LogP contribution in [-0.2, 0) is 4.74 Å². The van der Waals surface area contributed by atoms with E-state index in [1.54, 1.807) is 0 Å². The van der Waals surface area contributed by atoms with Gasteiger partial charge in [-0.25, -0.2) is 0 Å². The fourth-order valence-electron chi connectivity index (χ4n) is 1.32. The summed E-state index contributed by atoms with van der Waals surface area (Å²) in [6.07, 6.45) is -0.865. The predicted molar refractivity (Wildman–Crippen MR) is 46.9 cm³/mol. The number of nitriles is 1. The minimum Gasteiger partial charge on any atom is -0.390 e. The summed E-state index contributed by atoms with van der Waals surface area (Å²) < 4.78 is 5.16. The van der Waals surface area contributed by atoms with E-state index < -0.39 is 6.10 Å². The van der Waals surface area contributed by atoms with Gasteiger partial charge < -0.3 is 15.6 Å². The molecule has 1 aliphatic heterocycles. The lowest BCUT2D eigenvalue weighted by atomic mass is 10.2. The predicted octanol–water partition coefficient (Wildman–Crippen LogP) is -1.47. The smallest absolute Gasteiger partial charge is 0.156 e. The van der Waals surface area contributed by atoms with E-state index in [0.717, 1.165) is 6.54 Å². The van der Waals surface area contributed by atoms with E-state index in [9.17, 15) is 5.11 Å². The maximum absolute atomic E-state index is 9.28. The third-order valence-corrected chi connectivity index (χ3v) is 2.04. The van der Waals surface area contributed by atoms with Crippen molar-refractivity contribution < 1.29 is 9.84 Å². The molecule has 13 heavy (non-hydrogen) atoms. The number of β-amino-alcohol motifs (C(OH)–C–C–N with tert-alkyl or cyclic N) is 1. The second-order valence-corrected chi connectivity index (χ2v) is 3.14. The zero-order valence-corrected chi connectivity index (χ0v) is 7.52. The number of aliphatic hydroxyl groups excluding tert-OH is 1. The van der Waals surface area contributed by atoms with Crippen molar-refractivity contribution in [2.45, 2.75) is 12.2 Å². The van der Waals surface area contributed by atoms with E-state index >= 15 is 0 Å². The minimum atomic E-state index is -0.502. The van der Waals surface area contributed by atoms with Crippen LogP contribution in [0.25, 0.3) is 0 Å². The number of morpholine rings is 1. The monoisotopic (exact) mass is 185 g/mol. The summed E-state index contributed by atoms with van der Waals surface area (Å²) in [6.45, 7) is 2.66. The number of nitrogens with two attached hydrogens (primary N) is 1. The first kappa shape index (κ1) is 10.4. The van der Waals surface area contributed by atoms with E-state index in [4.69, 9.17) is 15.7 Å². The first-order valence-electron chi connectivity index (χ1n) is 4.38. The Morgan fingerprint density at radius 1 is 1.77 bits per heavy atom. The second kappa shape index (κ2) is 5.14. The highest BCUT2D eigenvalue weighted by molar-refractivity contribution is 4.89. The van der Waals surface area contributed by atoms with Crippen molar-refractivity contribution in [3.63, 3.8) is 0 Å². The van der Waals surface area contributed by atoms with Gasteiger partial charge >= 0.3 is 0 Å². The standard InChI is InChI=1S/C8H15N3O2/c9-3-7(12)5-11-1-2-13-8(4-10)6-11/h7-8,12H,1-3,5-6,9H2. The Labute approximate surface area is 77.7 Å². The molecule has 0 radical (unpaired) electrons. The zero-order chi connectivity index (χ0) is 9.68. The lowest BCUT2D eigenvalue weighted by Crippen LogP contribution is -2.46. The van der Waals surface area contributed by atoms with Crippen LogP contribution in [0.3, 0.4) is 0 Å². The first-order chi connectivity index (χ1) is 6.26. The third-order valence-electron chi connectivity index (χ3n) is 2.04.